The van der Waals surface area contributed by atoms with Crippen LogP contribution in [0, 0.1) is 5.92 Å². The van der Waals surface area contributed by atoms with E-state index in [0.717, 1.165) is 42.6 Å². The maximum atomic E-state index is 14.8. The number of methoxy groups -OCH3 is 1. The molecule has 2 unspecified atom stereocenters. The average Bonchev–Trinajstić information content (AvgIpc) is 3.60. The molecule has 2 aliphatic heterocycles. The number of likely N-dealkylation sites (N-methyl/N-ethyl adjacent to an activating group) is 1. The van der Waals surface area contributed by atoms with Crippen LogP contribution >= 0.6 is 0 Å². The molecule has 8 heteroatoms. The molecule has 2 aromatic rings. The third-order valence-electron chi connectivity index (χ3n) is 8.45. The zero-order chi connectivity index (χ0) is 28.7. The Hall–Kier alpha value is -3.26. The molecule has 0 bridgehead atoms. The Labute approximate surface area is 238 Å². The van der Waals surface area contributed by atoms with Gasteiger partial charge in [0.05, 0.1) is 32.7 Å². The second-order valence-electron chi connectivity index (χ2n) is 10.7. The Morgan fingerprint density at radius 2 is 1.57 bits per heavy atom. The van der Waals surface area contributed by atoms with Crippen molar-refractivity contribution in [2.45, 2.75) is 65.3 Å². The Balaban J connectivity index is 1.88. The molecule has 0 aliphatic carbocycles. The number of urea groups is 1. The molecule has 0 aromatic heterocycles. The number of nitrogens with zero attached hydrogens (tertiary/aromatic N) is 2. The summed E-state index contributed by atoms with van der Waals surface area (Å²) in [5.41, 5.74) is 1.89. The summed E-state index contributed by atoms with van der Waals surface area (Å²) in [5.74, 6) is 1.01. The summed E-state index contributed by atoms with van der Waals surface area (Å²) >= 11 is 0. The van der Waals surface area contributed by atoms with Gasteiger partial charge in [-0.1, -0.05) is 32.8 Å². The van der Waals surface area contributed by atoms with Crippen molar-refractivity contribution in [2.75, 3.05) is 46.7 Å². The number of rotatable bonds is 12. The summed E-state index contributed by atoms with van der Waals surface area (Å²) in [6, 6.07) is 13.4. The van der Waals surface area contributed by atoms with Crippen LogP contribution in [0.3, 0.4) is 0 Å². The quantitative estimate of drug-likeness (QED) is 0.227. The van der Waals surface area contributed by atoms with Crippen LogP contribution in [0.25, 0.3) is 0 Å². The summed E-state index contributed by atoms with van der Waals surface area (Å²) in [6.07, 6.45) is 3.91. The lowest BCUT2D eigenvalue weighted by atomic mass is 9.82. The molecule has 4 atom stereocenters. The lowest BCUT2D eigenvalue weighted by Gasteiger charge is -2.41. The minimum atomic E-state index is -0.559. The van der Waals surface area contributed by atoms with E-state index >= 15 is 0 Å². The summed E-state index contributed by atoms with van der Waals surface area (Å²) in [6.45, 7) is 11.1. The fraction of sp³-hybridized carbons (Fsp3) is 0.562. The molecule has 2 amide bonds. The fourth-order valence-electron chi connectivity index (χ4n) is 6.33. The number of hydrogen-bond acceptors (Lipinski definition) is 6. The minimum Gasteiger partial charge on any atom is -0.497 e. The number of quaternary nitrogens is 1. The molecule has 1 saturated heterocycles. The monoisotopic (exact) mass is 553 g/mol. The SMILES string of the molecule is CCCCN(CCCC)C(=O)[N@@+]1(CC)CC(c2ccc3c(c2)OCO3)C(C(=O)OCC)[C@H]1c1ccc(OC)cc1. The number of esters is 1. The Morgan fingerprint density at radius 3 is 2.17 bits per heavy atom. The van der Waals surface area contributed by atoms with Crippen LogP contribution in [0.2, 0.25) is 0 Å². The molecule has 0 N–H and O–H groups in total. The van der Waals surface area contributed by atoms with Gasteiger partial charge in [-0.15, -0.1) is 0 Å². The summed E-state index contributed by atoms with van der Waals surface area (Å²) in [5, 5.41) is 0. The van der Waals surface area contributed by atoms with Gasteiger partial charge < -0.3 is 18.9 Å². The van der Waals surface area contributed by atoms with Gasteiger partial charge in [0, 0.05) is 18.7 Å². The van der Waals surface area contributed by atoms with E-state index in [2.05, 4.69) is 20.8 Å². The lowest BCUT2D eigenvalue weighted by Crippen LogP contribution is -2.59. The van der Waals surface area contributed by atoms with Crippen molar-refractivity contribution >= 4 is 12.0 Å². The molecule has 2 heterocycles. The number of carbonyl (C=O) groups is 2. The maximum Gasteiger partial charge on any atom is 0.419 e. The molecule has 4 rings (SSSR count). The maximum absolute atomic E-state index is 14.8. The molecular formula is C32H45N2O6+. The second kappa shape index (κ2) is 13.4. The van der Waals surface area contributed by atoms with E-state index in [1.807, 2.05) is 54.3 Å². The van der Waals surface area contributed by atoms with Gasteiger partial charge in [0.1, 0.15) is 17.7 Å². The Kier molecular flexibility index (Phi) is 9.95. The third-order valence-corrected chi connectivity index (χ3v) is 8.45. The highest BCUT2D eigenvalue weighted by Gasteiger charge is 2.62. The predicted molar refractivity (Wildman–Crippen MR) is 154 cm³/mol. The van der Waals surface area contributed by atoms with E-state index in [-0.39, 0.29) is 35.8 Å². The topological polar surface area (TPSA) is 74.3 Å². The average molecular weight is 554 g/mol. The zero-order valence-corrected chi connectivity index (χ0v) is 24.7. The number of hydrogen-bond donors (Lipinski definition) is 0. The molecular weight excluding hydrogens is 508 g/mol. The Bertz CT molecular complexity index is 1140. The van der Waals surface area contributed by atoms with Crippen LogP contribution in [0.4, 0.5) is 4.79 Å². The second-order valence-corrected chi connectivity index (χ2v) is 10.7. The zero-order valence-electron chi connectivity index (χ0n) is 24.7. The highest BCUT2D eigenvalue weighted by atomic mass is 16.7. The van der Waals surface area contributed by atoms with E-state index < -0.39 is 12.0 Å². The van der Waals surface area contributed by atoms with E-state index in [9.17, 15) is 9.59 Å². The number of carbonyl (C=O) groups excluding carboxylic acids is 2. The van der Waals surface area contributed by atoms with Crippen molar-refractivity contribution in [1.29, 1.82) is 0 Å². The van der Waals surface area contributed by atoms with Gasteiger partial charge in [-0.25, -0.2) is 9.28 Å². The lowest BCUT2D eigenvalue weighted by molar-refractivity contribution is -0.872. The third kappa shape index (κ3) is 5.78. The van der Waals surface area contributed by atoms with Crippen LogP contribution in [0.1, 0.15) is 76.5 Å². The predicted octanol–water partition coefficient (Wildman–Crippen LogP) is 6.30. The standard InChI is InChI=1S/C32H45N2O6/c1-6-10-18-33(19-11-7-2)32(36)34(8-3)21-26(24-14-17-27-28(20-24)40-22-39-27)29(31(35)38-9-4)30(34)23-12-15-25(37-5)16-13-23/h12-17,20,26,29-30H,6-11,18-19,21-22H2,1-5H3/q+1/t26?,29?,30-,34+/m1/s1. The first kappa shape index (κ1) is 29.7. The van der Waals surface area contributed by atoms with E-state index in [0.29, 0.717) is 37.7 Å². The fourth-order valence-corrected chi connectivity index (χ4v) is 6.33. The smallest absolute Gasteiger partial charge is 0.419 e. The first-order chi connectivity index (χ1) is 19.4. The van der Waals surface area contributed by atoms with Crippen molar-refractivity contribution in [3.05, 3.63) is 53.6 Å². The summed E-state index contributed by atoms with van der Waals surface area (Å²) < 4.78 is 22.6. The first-order valence-electron chi connectivity index (χ1n) is 14.8. The van der Waals surface area contributed by atoms with Gasteiger partial charge in [-0.2, -0.15) is 0 Å². The largest absolute Gasteiger partial charge is 0.497 e. The number of amides is 2. The van der Waals surface area contributed by atoms with Crippen molar-refractivity contribution in [2.24, 2.45) is 5.92 Å². The Morgan fingerprint density at radius 1 is 0.925 bits per heavy atom. The van der Waals surface area contributed by atoms with Gasteiger partial charge >= 0.3 is 12.0 Å². The van der Waals surface area contributed by atoms with Gasteiger partial charge in [-0.3, -0.25) is 9.69 Å². The van der Waals surface area contributed by atoms with Crippen molar-refractivity contribution in [1.82, 2.24) is 4.90 Å². The molecule has 1 fully saturated rings. The summed E-state index contributed by atoms with van der Waals surface area (Å²) in [4.78, 5) is 30.7. The molecule has 2 aromatic carbocycles. The van der Waals surface area contributed by atoms with Crippen LogP contribution in [0.15, 0.2) is 42.5 Å². The molecule has 0 spiro atoms. The van der Waals surface area contributed by atoms with Gasteiger partial charge in [0.15, 0.2) is 11.5 Å². The molecule has 8 nitrogen and oxygen atoms in total. The molecule has 218 valence electrons. The molecule has 0 saturated carbocycles. The van der Waals surface area contributed by atoms with Gasteiger partial charge in [0.2, 0.25) is 6.79 Å². The van der Waals surface area contributed by atoms with Crippen LogP contribution in [-0.4, -0.2) is 68.1 Å². The number of benzene rings is 2. The number of ether oxygens (including phenoxy) is 4. The molecule has 0 radical (unpaired) electrons. The highest BCUT2D eigenvalue weighted by molar-refractivity contribution is 5.77. The van der Waals surface area contributed by atoms with E-state index in [1.165, 1.54) is 0 Å². The molecule has 2 aliphatic rings. The van der Waals surface area contributed by atoms with Gasteiger partial charge in [-0.05, 0) is 68.7 Å². The van der Waals surface area contributed by atoms with Crippen molar-refractivity contribution in [3.8, 4) is 17.2 Å². The van der Waals surface area contributed by atoms with Crippen LogP contribution < -0.4 is 14.2 Å². The normalized spacial score (nSPS) is 23.2. The van der Waals surface area contributed by atoms with Crippen LogP contribution in [-0.2, 0) is 9.53 Å². The highest BCUT2D eigenvalue weighted by Crippen LogP contribution is 2.53. The van der Waals surface area contributed by atoms with Crippen molar-refractivity contribution in [3.63, 3.8) is 0 Å². The van der Waals surface area contributed by atoms with Crippen molar-refractivity contribution < 1.29 is 33.0 Å². The number of likely N-dealkylation sites (tertiary alicyclic amines) is 1. The number of fused-ring (bicyclic) bond motifs is 1. The number of unbranched alkanes of at least 4 members (excludes halogenated alkanes) is 2. The van der Waals surface area contributed by atoms with E-state index in [4.69, 9.17) is 18.9 Å². The minimum absolute atomic E-state index is 0.0859. The van der Waals surface area contributed by atoms with Gasteiger partial charge in [0.25, 0.3) is 0 Å². The van der Waals surface area contributed by atoms with Crippen LogP contribution in [0.5, 0.6) is 17.2 Å². The molecule has 40 heavy (non-hydrogen) atoms. The first-order valence-corrected chi connectivity index (χ1v) is 14.8. The van der Waals surface area contributed by atoms with E-state index in [1.54, 1.807) is 7.11 Å². The summed E-state index contributed by atoms with van der Waals surface area (Å²) in [7, 11) is 1.64.